The van der Waals surface area contributed by atoms with Crippen LogP contribution in [0, 0.1) is 0 Å². The molecule has 0 saturated carbocycles. The first-order chi connectivity index (χ1) is 7.02. The largest absolute Gasteiger partial charge is 0.332 e. The fourth-order valence-electron chi connectivity index (χ4n) is 1.06. The van der Waals surface area contributed by atoms with Gasteiger partial charge in [-0.2, -0.15) is 4.31 Å². The molecular formula is C8H14ClN3O2S. The monoisotopic (exact) mass is 251 g/mol. The Morgan fingerprint density at radius 2 is 2.27 bits per heavy atom. The molecule has 5 nitrogen and oxygen atoms in total. The molecule has 1 heterocycles. The van der Waals surface area contributed by atoms with Crippen LogP contribution in [0.2, 0.25) is 0 Å². The summed E-state index contributed by atoms with van der Waals surface area (Å²) in [5, 5.41) is 0.118. The SMILES string of the molecule is CCc1ncc(S(=O)(=O)N(C)CCCl)[nH]1. The number of hydrogen-bond acceptors (Lipinski definition) is 3. The van der Waals surface area contributed by atoms with E-state index in [-0.39, 0.29) is 17.5 Å². The molecule has 0 aliphatic rings. The summed E-state index contributed by atoms with van der Waals surface area (Å²) in [6.07, 6.45) is 2.01. The van der Waals surface area contributed by atoms with Crippen molar-refractivity contribution in [1.29, 1.82) is 0 Å². The third kappa shape index (κ3) is 2.70. The smallest absolute Gasteiger partial charge is 0.259 e. The highest BCUT2D eigenvalue weighted by molar-refractivity contribution is 7.89. The average Bonchev–Trinajstić information content (AvgIpc) is 2.66. The Balaban J connectivity index is 2.95. The van der Waals surface area contributed by atoms with Crippen LogP contribution in [-0.4, -0.2) is 42.2 Å². The van der Waals surface area contributed by atoms with Gasteiger partial charge in [0.1, 0.15) is 5.82 Å². The summed E-state index contributed by atoms with van der Waals surface area (Å²) in [6, 6.07) is 0. The number of rotatable bonds is 5. The molecule has 1 aromatic rings. The molecule has 0 aliphatic carbocycles. The maximum absolute atomic E-state index is 11.8. The lowest BCUT2D eigenvalue weighted by atomic mass is 10.5. The van der Waals surface area contributed by atoms with Gasteiger partial charge in [-0.05, 0) is 0 Å². The summed E-state index contributed by atoms with van der Waals surface area (Å²) < 4.78 is 24.9. The van der Waals surface area contributed by atoms with E-state index in [4.69, 9.17) is 11.6 Å². The lowest BCUT2D eigenvalue weighted by Gasteiger charge is -2.13. The van der Waals surface area contributed by atoms with Gasteiger partial charge >= 0.3 is 0 Å². The van der Waals surface area contributed by atoms with Gasteiger partial charge in [0.15, 0.2) is 5.03 Å². The van der Waals surface area contributed by atoms with Gasteiger partial charge in [0.05, 0.1) is 6.20 Å². The number of aromatic nitrogens is 2. The van der Waals surface area contributed by atoms with Crippen LogP contribution in [0.5, 0.6) is 0 Å². The summed E-state index contributed by atoms with van der Waals surface area (Å²) in [5.74, 6) is 0.928. The average molecular weight is 252 g/mol. The number of H-pyrrole nitrogens is 1. The molecule has 0 saturated heterocycles. The zero-order chi connectivity index (χ0) is 11.5. The van der Waals surface area contributed by atoms with Gasteiger partial charge in [-0.1, -0.05) is 6.92 Å². The number of imidazole rings is 1. The van der Waals surface area contributed by atoms with E-state index in [0.29, 0.717) is 12.2 Å². The number of nitrogens with one attached hydrogen (secondary N) is 1. The van der Waals surface area contributed by atoms with Gasteiger partial charge < -0.3 is 4.98 Å². The van der Waals surface area contributed by atoms with Crippen molar-refractivity contribution in [1.82, 2.24) is 14.3 Å². The van der Waals surface area contributed by atoms with Crippen LogP contribution in [0.15, 0.2) is 11.2 Å². The molecule has 0 aliphatic heterocycles. The van der Waals surface area contributed by atoms with Gasteiger partial charge in [-0.25, -0.2) is 13.4 Å². The lowest BCUT2D eigenvalue weighted by molar-refractivity contribution is 0.485. The van der Waals surface area contributed by atoms with E-state index in [1.165, 1.54) is 17.5 Å². The summed E-state index contributed by atoms with van der Waals surface area (Å²) in [5.41, 5.74) is 0. The zero-order valence-electron chi connectivity index (χ0n) is 8.70. The standard InChI is InChI=1S/C8H14ClN3O2S/c1-3-7-10-6-8(11-7)15(13,14)12(2)5-4-9/h6H,3-5H2,1-2H3,(H,10,11). The minimum Gasteiger partial charge on any atom is -0.332 e. The molecule has 1 rings (SSSR count). The summed E-state index contributed by atoms with van der Waals surface area (Å²) in [6.45, 7) is 2.18. The normalized spacial score (nSPS) is 12.3. The molecule has 15 heavy (non-hydrogen) atoms. The van der Waals surface area contributed by atoms with Gasteiger partial charge in [-0.15, -0.1) is 11.6 Å². The molecule has 1 aromatic heterocycles. The zero-order valence-corrected chi connectivity index (χ0v) is 10.3. The number of sulfonamides is 1. The Labute approximate surface area is 94.5 Å². The van der Waals surface area contributed by atoms with Gasteiger partial charge in [-0.3, -0.25) is 0 Å². The molecule has 7 heteroatoms. The summed E-state index contributed by atoms with van der Waals surface area (Å²) in [7, 11) is -1.97. The molecule has 0 aromatic carbocycles. The molecule has 0 fully saturated rings. The number of hydrogen-bond donors (Lipinski definition) is 1. The van der Waals surface area contributed by atoms with Crippen LogP contribution in [0.25, 0.3) is 0 Å². The predicted octanol–water partition coefficient (Wildman–Crippen LogP) is 0.831. The second-order valence-electron chi connectivity index (χ2n) is 3.06. The predicted molar refractivity (Wildman–Crippen MR) is 58.5 cm³/mol. The molecule has 0 atom stereocenters. The van der Waals surface area contributed by atoms with Crippen molar-refractivity contribution in [3.8, 4) is 0 Å². The Morgan fingerprint density at radius 1 is 1.60 bits per heavy atom. The molecule has 0 radical (unpaired) electrons. The molecule has 86 valence electrons. The highest BCUT2D eigenvalue weighted by Gasteiger charge is 2.22. The van der Waals surface area contributed by atoms with E-state index >= 15 is 0 Å². The third-order valence-corrected chi connectivity index (χ3v) is 3.96. The second kappa shape index (κ2) is 4.96. The maximum atomic E-state index is 11.8. The van der Waals surface area contributed by atoms with E-state index < -0.39 is 10.0 Å². The van der Waals surface area contributed by atoms with E-state index in [9.17, 15) is 8.42 Å². The molecule has 0 bridgehead atoms. The van der Waals surface area contributed by atoms with Crippen LogP contribution in [-0.2, 0) is 16.4 Å². The number of aromatic amines is 1. The fourth-order valence-corrected chi connectivity index (χ4v) is 2.52. The number of aryl methyl sites for hydroxylation is 1. The first-order valence-corrected chi connectivity index (χ1v) is 6.56. The Bertz CT molecular complexity index is 415. The van der Waals surface area contributed by atoms with E-state index in [0.717, 1.165) is 0 Å². The fraction of sp³-hybridized carbons (Fsp3) is 0.625. The number of nitrogens with zero attached hydrogens (tertiary/aromatic N) is 2. The van der Waals surface area contributed by atoms with Crippen LogP contribution in [0.3, 0.4) is 0 Å². The van der Waals surface area contributed by atoms with Crippen LogP contribution in [0.1, 0.15) is 12.7 Å². The Hall–Kier alpha value is -0.590. The van der Waals surface area contributed by atoms with Crippen molar-refractivity contribution < 1.29 is 8.42 Å². The quantitative estimate of drug-likeness (QED) is 0.789. The Morgan fingerprint density at radius 3 is 2.73 bits per heavy atom. The van der Waals surface area contributed by atoms with Crippen LogP contribution < -0.4 is 0 Å². The molecule has 0 unspecified atom stereocenters. The topological polar surface area (TPSA) is 66.1 Å². The third-order valence-electron chi connectivity index (χ3n) is 2.03. The van der Waals surface area contributed by atoms with E-state index in [1.54, 1.807) is 0 Å². The van der Waals surface area contributed by atoms with Crippen molar-refractivity contribution in [3.63, 3.8) is 0 Å². The first-order valence-electron chi connectivity index (χ1n) is 4.58. The van der Waals surface area contributed by atoms with Gasteiger partial charge in [0.2, 0.25) is 0 Å². The first kappa shape index (κ1) is 12.5. The van der Waals surface area contributed by atoms with Crippen molar-refractivity contribution >= 4 is 21.6 Å². The minimum absolute atomic E-state index is 0.118. The number of alkyl halides is 1. The summed E-state index contributed by atoms with van der Waals surface area (Å²) in [4.78, 5) is 6.71. The Kier molecular flexibility index (Phi) is 4.12. The van der Waals surface area contributed by atoms with Gasteiger partial charge in [0.25, 0.3) is 10.0 Å². The summed E-state index contributed by atoms with van der Waals surface area (Å²) >= 11 is 5.49. The van der Waals surface area contributed by atoms with Crippen molar-refractivity contribution in [2.24, 2.45) is 0 Å². The minimum atomic E-state index is -3.46. The van der Waals surface area contributed by atoms with Crippen LogP contribution >= 0.6 is 11.6 Å². The van der Waals surface area contributed by atoms with Crippen molar-refractivity contribution in [2.45, 2.75) is 18.4 Å². The van der Waals surface area contributed by atoms with Crippen molar-refractivity contribution in [2.75, 3.05) is 19.5 Å². The molecule has 0 spiro atoms. The van der Waals surface area contributed by atoms with Gasteiger partial charge in [0, 0.05) is 25.9 Å². The highest BCUT2D eigenvalue weighted by atomic mass is 35.5. The highest BCUT2D eigenvalue weighted by Crippen LogP contribution is 2.11. The van der Waals surface area contributed by atoms with E-state index in [2.05, 4.69) is 9.97 Å². The lowest BCUT2D eigenvalue weighted by Crippen LogP contribution is -2.29. The second-order valence-corrected chi connectivity index (χ2v) is 5.45. The van der Waals surface area contributed by atoms with E-state index in [1.807, 2.05) is 6.92 Å². The molecule has 0 amide bonds. The van der Waals surface area contributed by atoms with Crippen molar-refractivity contribution in [3.05, 3.63) is 12.0 Å². The molecule has 1 N–H and O–H groups in total. The number of halogens is 1. The maximum Gasteiger partial charge on any atom is 0.259 e. The molecular weight excluding hydrogens is 238 g/mol. The van der Waals surface area contributed by atoms with Crippen LogP contribution in [0.4, 0.5) is 0 Å².